The van der Waals surface area contributed by atoms with Crippen LogP contribution in [0.5, 0.6) is 0 Å². The van der Waals surface area contributed by atoms with Gasteiger partial charge in [0.25, 0.3) is 0 Å². The first kappa shape index (κ1) is 10.2. The van der Waals surface area contributed by atoms with E-state index in [9.17, 15) is 4.79 Å². The first-order valence-corrected chi connectivity index (χ1v) is 3.24. The number of methoxy groups -OCH3 is 2. The first-order chi connectivity index (χ1) is 5.22. The van der Waals surface area contributed by atoms with Crippen LogP contribution in [0.2, 0.25) is 0 Å². The van der Waals surface area contributed by atoms with Crippen LogP contribution < -0.4 is 5.73 Å². The zero-order valence-corrected chi connectivity index (χ0v) is 6.87. The maximum atomic E-state index is 10.6. The molecule has 0 unspecified atom stereocenters. The fourth-order valence-corrected chi connectivity index (χ4v) is 0.596. The summed E-state index contributed by atoms with van der Waals surface area (Å²) < 4.78 is 9.50. The number of carbonyl (C=O) groups excluding carboxylic acids is 1. The summed E-state index contributed by atoms with van der Waals surface area (Å²) in [6.45, 7) is 1.13. The van der Waals surface area contributed by atoms with E-state index >= 15 is 0 Å². The lowest BCUT2D eigenvalue weighted by Gasteiger charge is -2.17. The molecular weight excluding hydrogens is 148 g/mol. The number of nitrogens with two attached hydrogens (primary N) is 1. The highest BCUT2D eigenvalue weighted by atomic mass is 16.5. The predicted octanol–water partition coefficient (Wildman–Crippen LogP) is -0.383. The number of rotatable bonds is 5. The van der Waals surface area contributed by atoms with Crippen molar-refractivity contribution >= 4 is 6.03 Å². The molecule has 0 radical (unpaired) electrons. The molecule has 0 aliphatic heterocycles. The second-order valence-corrected chi connectivity index (χ2v) is 2.01. The largest absolute Gasteiger partial charge is 0.383 e. The van der Waals surface area contributed by atoms with Crippen LogP contribution in [0.4, 0.5) is 4.79 Å². The monoisotopic (exact) mass is 162 g/mol. The quantitative estimate of drug-likeness (QED) is 0.560. The van der Waals surface area contributed by atoms with Crippen molar-refractivity contribution in [2.24, 2.45) is 5.73 Å². The number of urea groups is 1. The minimum Gasteiger partial charge on any atom is -0.383 e. The summed E-state index contributed by atoms with van der Waals surface area (Å²) in [6.07, 6.45) is 0. The Morgan fingerprint density at radius 3 is 2.45 bits per heavy atom. The molecule has 0 rings (SSSR count). The number of primary amides is 1. The van der Waals surface area contributed by atoms with E-state index < -0.39 is 6.03 Å². The van der Waals surface area contributed by atoms with Crippen molar-refractivity contribution in [1.29, 1.82) is 0 Å². The number of nitrogens with zero attached hydrogens (tertiary/aromatic N) is 1. The van der Waals surface area contributed by atoms with Crippen LogP contribution in [0, 0.1) is 0 Å². The molecule has 0 saturated heterocycles. The average Bonchev–Trinajstić information content (AvgIpc) is 1.97. The molecule has 5 nitrogen and oxygen atoms in total. The van der Waals surface area contributed by atoms with Crippen LogP contribution in [0.25, 0.3) is 0 Å². The van der Waals surface area contributed by atoms with Crippen LogP contribution in [0.15, 0.2) is 0 Å². The maximum absolute atomic E-state index is 10.6. The van der Waals surface area contributed by atoms with Crippen LogP contribution in [-0.2, 0) is 9.47 Å². The van der Waals surface area contributed by atoms with Gasteiger partial charge in [-0.3, -0.25) is 4.90 Å². The van der Waals surface area contributed by atoms with Crippen molar-refractivity contribution in [2.75, 3.05) is 34.1 Å². The highest BCUT2D eigenvalue weighted by molar-refractivity contribution is 5.71. The topological polar surface area (TPSA) is 64.8 Å². The van der Waals surface area contributed by atoms with Gasteiger partial charge in [0, 0.05) is 20.8 Å². The van der Waals surface area contributed by atoms with Crippen LogP contribution in [0.3, 0.4) is 0 Å². The Balaban J connectivity index is 3.60. The first-order valence-electron chi connectivity index (χ1n) is 3.24. The van der Waals surface area contributed by atoms with Gasteiger partial charge < -0.3 is 15.2 Å². The molecule has 0 spiro atoms. The fourth-order valence-electron chi connectivity index (χ4n) is 0.596. The molecule has 0 bridgehead atoms. The third kappa shape index (κ3) is 4.58. The highest BCUT2D eigenvalue weighted by Gasteiger charge is 2.06. The maximum Gasteiger partial charge on any atom is 0.316 e. The second-order valence-electron chi connectivity index (χ2n) is 2.01. The van der Waals surface area contributed by atoms with Crippen molar-refractivity contribution in [3.63, 3.8) is 0 Å². The van der Waals surface area contributed by atoms with Crippen molar-refractivity contribution in [3.8, 4) is 0 Å². The summed E-state index contributed by atoms with van der Waals surface area (Å²) in [6, 6.07) is -0.496. The molecule has 0 aliphatic carbocycles. The van der Waals surface area contributed by atoms with Gasteiger partial charge in [0.2, 0.25) is 0 Å². The van der Waals surface area contributed by atoms with E-state index in [0.29, 0.717) is 13.2 Å². The lowest BCUT2D eigenvalue weighted by atomic mass is 10.6. The molecule has 0 aromatic heterocycles. The number of amides is 2. The van der Waals surface area contributed by atoms with Crippen LogP contribution in [-0.4, -0.2) is 45.0 Å². The zero-order chi connectivity index (χ0) is 8.69. The fraction of sp³-hybridized carbons (Fsp3) is 0.833. The molecule has 66 valence electrons. The van der Waals surface area contributed by atoms with Gasteiger partial charge in [0.15, 0.2) is 0 Å². The molecule has 0 aromatic rings. The Morgan fingerprint density at radius 2 is 2.09 bits per heavy atom. The lowest BCUT2D eigenvalue weighted by molar-refractivity contribution is 0.0675. The summed E-state index contributed by atoms with van der Waals surface area (Å²) >= 11 is 0. The average molecular weight is 162 g/mol. The second kappa shape index (κ2) is 5.94. The molecule has 0 aromatic carbocycles. The van der Waals surface area contributed by atoms with Gasteiger partial charge in [-0.25, -0.2) is 4.79 Å². The Labute approximate surface area is 66.1 Å². The third-order valence-electron chi connectivity index (χ3n) is 1.16. The molecule has 0 fully saturated rings. The minimum absolute atomic E-state index is 0.207. The number of ether oxygens (including phenoxy) is 2. The molecule has 2 N–H and O–H groups in total. The molecular formula is C6H14N2O3. The lowest BCUT2D eigenvalue weighted by Crippen LogP contribution is -2.39. The highest BCUT2D eigenvalue weighted by Crippen LogP contribution is 1.87. The van der Waals surface area contributed by atoms with Crippen molar-refractivity contribution in [3.05, 3.63) is 0 Å². The summed E-state index contributed by atoms with van der Waals surface area (Å²) in [4.78, 5) is 12.0. The summed E-state index contributed by atoms with van der Waals surface area (Å²) in [7, 11) is 3.06. The van der Waals surface area contributed by atoms with Crippen LogP contribution in [0.1, 0.15) is 0 Å². The van der Waals surface area contributed by atoms with Crippen molar-refractivity contribution < 1.29 is 14.3 Å². The Morgan fingerprint density at radius 1 is 1.45 bits per heavy atom. The van der Waals surface area contributed by atoms with E-state index in [2.05, 4.69) is 0 Å². The van der Waals surface area contributed by atoms with Gasteiger partial charge in [0.1, 0.15) is 6.73 Å². The standard InChI is InChI=1S/C6H14N2O3/c1-10-4-3-8(5-11-2)6(7)9/h3-5H2,1-2H3,(H2,7,9). The number of hydrogen-bond acceptors (Lipinski definition) is 3. The summed E-state index contributed by atoms with van der Waals surface area (Å²) in [5.74, 6) is 0. The van der Waals surface area contributed by atoms with Gasteiger partial charge >= 0.3 is 6.03 Å². The van der Waals surface area contributed by atoms with Crippen LogP contribution >= 0.6 is 0 Å². The van der Waals surface area contributed by atoms with E-state index in [-0.39, 0.29) is 6.73 Å². The van der Waals surface area contributed by atoms with Gasteiger partial charge in [-0.2, -0.15) is 0 Å². The van der Waals surface area contributed by atoms with E-state index in [0.717, 1.165) is 0 Å². The molecule has 0 saturated carbocycles. The molecule has 5 heteroatoms. The van der Waals surface area contributed by atoms with Gasteiger partial charge in [-0.1, -0.05) is 0 Å². The predicted molar refractivity (Wildman–Crippen MR) is 40.0 cm³/mol. The molecule has 0 heterocycles. The van der Waals surface area contributed by atoms with E-state index in [1.54, 1.807) is 7.11 Å². The smallest absolute Gasteiger partial charge is 0.316 e. The summed E-state index contributed by atoms with van der Waals surface area (Å²) in [5, 5.41) is 0. The van der Waals surface area contributed by atoms with Gasteiger partial charge in [0.05, 0.1) is 6.61 Å². The van der Waals surface area contributed by atoms with Crippen molar-refractivity contribution in [2.45, 2.75) is 0 Å². The Bertz CT molecular complexity index is 118. The Hall–Kier alpha value is -0.810. The van der Waals surface area contributed by atoms with Crippen molar-refractivity contribution in [1.82, 2.24) is 4.90 Å². The normalized spacial score (nSPS) is 9.64. The SMILES string of the molecule is COCCN(COC)C(N)=O. The van der Waals surface area contributed by atoms with E-state index in [1.165, 1.54) is 12.0 Å². The number of hydrogen-bond donors (Lipinski definition) is 1. The molecule has 11 heavy (non-hydrogen) atoms. The Kier molecular flexibility index (Phi) is 5.50. The van der Waals surface area contributed by atoms with E-state index in [1.807, 2.05) is 0 Å². The molecule has 2 amide bonds. The third-order valence-corrected chi connectivity index (χ3v) is 1.16. The van der Waals surface area contributed by atoms with Gasteiger partial charge in [-0.15, -0.1) is 0 Å². The minimum atomic E-state index is -0.496. The zero-order valence-electron chi connectivity index (χ0n) is 6.87. The molecule has 0 atom stereocenters. The molecule has 0 aliphatic rings. The number of carbonyl (C=O) groups is 1. The summed E-state index contributed by atoms with van der Waals surface area (Å²) in [5.41, 5.74) is 5.01. The van der Waals surface area contributed by atoms with E-state index in [4.69, 9.17) is 15.2 Å². The van der Waals surface area contributed by atoms with Gasteiger partial charge in [-0.05, 0) is 0 Å².